The van der Waals surface area contributed by atoms with Gasteiger partial charge in [-0.3, -0.25) is 9.59 Å². The van der Waals surface area contributed by atoms with Crippen LogP contribution < -0.4 is 10.8 Å². The number of nitrogens with one attached hydrogen (secondary N) is 1. The number of anilines is 1. The minimum absolute atomic E-state index is 0.221. The molecule has 0 bridgehead atoms. The summed E-state index contributed by atoms with van der Waals surface area (Å²) in [5.41, 5.74) is 0.769. The van der Waals surface area contributed by atoms with Crippen LogP contribution in [0, 0.1) is 0 Å². The molecular formula is C15H20BNO4. The van der Waals surface area contributed by atoms with Gasteiger partial charge in [-0.05, 0) is 45.3 Å². The van der Waals surface area contributed by atoms with E-state index in [-0.39, 0.29) is 5.91 Å². The summed E-state index contributed by atoms with van der Waals surface area (Å²) in [4.78, 5) is 22.3. The van der Waals surface area contributed by atoms with Crippen LogP contribution in [0.15, 0.2) is 18.2 Å². The van der Waals surface area contributed by atoms with Crippen LogP contribution in [0.2, 0.25) is 0 Å². The number of carbonyl (C=O) groups excluding carboxylic acids is 2. The number of rotatable bonds is 3. The SMILES string of the molecule is CC(=O)Nc1ccc(B2OC(C)(C)C(C)(C)O2)cc1C=O. The van der Waals surface area contributed by atoms with E-state index in [2.05, 4.69) is 5.32 Å². The summed E-state index contributed by atoms with van der Waals surface area (Å²) in [7, 11) is -0.528. The quantitative estimate of drug-likeness (QED) is 0.680. The molecule has 0 radical (unpaired) electrons. The second kappa shape index (κ2) is 5.28. The average molecular weight is 289 g/mol. The first-order valence-electron chi connectivity index (χ1n) is 6.88. The Kier molecular flexibility index (Phi) is 3.95. The number of hydrogen-bond acceptors (Lipinski definition) is 4. The van der Waals surface area contributed by atoms with Gasteiger partial charge in [-0.1, -0.05) is 6.07 Å². The van der Waals surface area contributed by atoms with Crippen molar-refractivity contribution in [2.45, 2.75) is 45.8 Å². The Balaban J connectivity index is 2.31. The number of amides is 1. The Morgan fingerprint density at radius 1 is 1.19 bits per heavy atom. The van der Waals surface area contributed by atoms with E-state index in [0.717, 1.165) is 5.46 Å². The van der Waals surface area contributed by atoms with Crippen LogP contribution in [0.25, 0.3) is 0 Å². The van der Waals surface area contributed by atoms with Gasteiger partial charge in [0.2, 0.25) is 5.91 Å². The zero-order valence-corrected chi connectivity index (χ0v) is 13.0. The van der Waals surface area contributed by atoms with Crippen LogP contribution in [0.5, 0.6) is 0 Å². The number of aldehydes is 1. The van der Waals surface area contributed by atoms with Gasteiger partial charge in [0.25, 0.3) is 0 Å². The first kappa shape index (κ1) is 15.7. The maximum absolute atomic E-state index is 11.2. The highest BCUT2D eigenvalue weighted by atomic mass is 16.7. The molecule has 2 rings (SSSR count). The zero-order chi connectivity index (χ0) is 15.8. The van der Waals surface area contributed by atoms with E-state index in [0.29, 0.717) is 17.5 Å². The molecule has 5 nitrogen and oxygen atoms in total. The van der Waals surface area contributed by atoms with Gasteiger partial charge in [0.05, 0.1) is 16.9 Å². The average Bonchev–Trinajstić information content (AvgIpc) is 2.58. The smallest absolute Gasteiger partial charge is 0.399 e. The van der Waals surface area contributed by atoms with E-state index in [1.807, 2.05) is 27.7 Å². The maximum atomic E-state index is 11.2. The second-order valence-electron chi connectivity index (χ2n) is 6.23. The van der Waals surface area contributed by atoms with E-state index < -0.39 is 18.3 Å². The molecule has 0 aromatic heterocycles. The lowest BCUT2D eigenvalue weighted by Crippen LogP contribution is -2.41. The van der Waals surface area contributed by atoms with Crippen LogP contribution in [0.4, 0.5) is 5.69 Å². The van der Waals surface area contributed by atoms with Crippen LogP contribution in [-0.2, 0) is 14.1 Å². The van der Waals surface area contributed by atoms with Crippen molar-refractivity contribution >= 4 is 30.5 Å². The molecule has 0 aliphatic carbocycles. The fourth-order valence-electron chi connectivity index (χ4n) is 2.11. The van der Waals surface area contributed by atoms with Crippen LogP contribution in [-0.4, -0.2) is 30.5 Å². The monoisotopic (exact) mass is 289 g/mol. The second-order valence-corrected chi connectivity index (χ2v) is 6.23. The summed E-state index contributed by atoms with van der Waals surface area (Å²) in [5, 5.41) is 2.62. The molecule has 0 spiro atoms. The first-order chi connectivity index (χ1) is 9.66. The fourth-order valence-corrected chi connectivity index (χ4v) is 2.11. The Morgan fingerprint density at radius 2 is 1.76 bits per heavy atom. The lowest BCUT2D eigenvalue weighted by atomic mass is 9.78. The Hall–Kier alpha value is -1.66. The lowest BCUT2D eigenvalue weighted by molar-refractivity contribution is -0.114. The summed E-state index contributed by atoms with van der Waals surface area (Å²) in [6, 6.07) is 5.16. The molecular weight excluding hydrogens is 269 g/mol. The van der Waals surface area contributed by atoms with Crippen LogP contribution in [0.1, 0.15) is 45.0 Å². The van der Waals surface area contributed by atoms with Crippen molar-refractivity contribution in [3.63, 3.8) is 0 Å². The predicted molar refractivity (Wildman–Crippen MR) is 81.8 cm³/mol. The van der Waals surface area contributed by atoms with Gasteiger partial charge in [0, 0.05) is 12.5 Å². The van der Waals surface area contributed by atoms with Gasteiger partial charge in [-0.2, -0.15) is 0 Å². The highest BCUT2D eigenvalue weighted by Crippen LogP contribution is 2.36. The number of benzene rings is 1. The van der Waals surface area contributed by atoms with E-state index >= 15 is 0 Å². The van der Waals surface area contributed by atoms with Crippen molar-refractivity contribution < 1.29 is 18.9 Å². The molecule has 21 heavy (non-hydrogen) atoms. The summed E-state index contributed by atoms with van der Waals surface area (Å²) in [6.07, 6.45) is 0.708. The van der Waals surface area contributed by atoms with Crippen LogP contribution in [0.3, 0.4) is 0 Å². The van der Waals surface area contributed by atoms with Gasteiger partial charge < -0.3 is 14.6 Å². The Labute approximate surface area is 125 Å². The molecule has 0 saturated carbocycles. The van der Waals surface area contributed by atoms with Crippen molar-refractivity contribution in [3.8, 4) is 0 Å². The highest BCUT2D eigenvalue weighted by molar-refractivity contribution is 6.62. The molecule has 1 aliphatic heterocycles. The molecule has 6 heteroatoms. The summed E-state index contributed by atoms with van der Waals surface area (Å²) in [5.74, 6) is -0.221. The van der Waals surface area contributed by atoms with Crippen LogP contribution >= 0.6 is 0 Å². The summed E-state index contributed by atoms with van der Waals surface area (Å²) in [6.45, 7) is 9.29. The van der Waals surface area contributed by atoms with Gasteiger partial charge in [0.15, 0.2) is 6.29 Å². The van der Waals surface area contributed by atoms with E-state index in [4.69, 9.17) is 9.31 Å². The standard InChI is InChI=1S/C15H20BNO4/c1-10(19)17-13-7-6-12(8-11(13)9-18)16-20-14(2,3)15(4,5)21-16/h6-9H,1-5H3,(H,17,19). The van der Waals surface area contributed by atoms with Crippen molar-refractivity contribution in [2.75, 3.05) is 5.32 Å². The maximum Gasteiger partial charge on any atom is 0.494 e. The minimum Gasteiger partial charge on any atom is -0.399 e. The summed E-state index contributed by atoms with van der Waals surface area (Å²) >= 11 is 0. The van der Waals surface area contributed by atoms with Crippen molar-refractivity contribution in [1.29, 1.82) is 0 Å². The van der Waals surface area contributed by atoms with Gasteiger partial charge in [-0.25, -0.2) is 0 Å². The molecule has 112 valence electrons. The molecule has 1 saturated heterocycles. The third-order valence-electron chi connectivity index (χ3n) is 4.04. The molecule has 1 aromatic rings. The van der Waals surface area contributed by atoms with Crippen molar-refractivity contribution in [2.24, 2.45) is 0 Å². The number of hydrogen-bond donors (Lipinski definition) is 1. The number of carbonyl (C=O) groups is 2. The van der Waals surface area contributed by atoms with Crippen molar-refractivity contribution in [1.82, 2.24) is 0 Å². The van der Waals surface area contributed by atoms with Crippen molar-refractivity contribution in [3.05, 3.63) is 23.8 Å². The Morgan fingerprint density at radius 3 is 2.24 bits per heavy atom. The largest absolute Gasteiger partial charge is 0.494 e. The third-order valence-corrected chi connectivity index (χ3v) is 4.04. The molecule has 0 unspecified atom stereocenters. The molecule has 1 fully saturated rings. The topological polar surface area (TPSA) is 64.6 Å². The zero-order valence-electron chi connectivity index (χ0n) is 13.0. The molecule has 0 atom stereocenters. The van der Waals surface area contributed by atoms with Gasteiger partial charge in [0.1, 0.15) is 0 Å². The fraction of sp³-hybridized carbons (Fsp3) is 0.467. The molecule has 1 amide bonds. The lowest BCUT2D eigenvalue weighted by Gasteiger charge is -2.32. The van der Waals surface area contributed by atoms with E-state index in [1.54, 1.807) is 18.2 Å². The molecule has 1 N–H and O–H groups in total. The highest BCUT2D eigenvalue weighted by Gasteiger charge is 2.51. The van der Waals surface area contributed by atoms with Gasteiger partial charge in [-0.15, -0.1) is 0 Å². The predicted octanol–water partition coefficient (Wildman–Crippen LogP) is 1.76. The first-order valence-corrected chi connectivity index (χ1v) is 6.88. The summed E-state index contributed by atoms with van der Waals surface area (Å²) < 4.78 is 11.9. The third kappa shape index (κ3) is 3.01. The molecule has 1 aromatic carbocycles. The normalized spacial score (nSPS) is 19.4. The minimum atomic E-state index is -0.528. The Bertz CT molecular complexity index is 567. The van der Waals surface area contributed by atoms with E-state index in [9.17, 15) is 9.59 Å². The van der Waals surface area contributed by atoms with Gasteiger partial charge >= 0.3 is 7.12 Å². The molecule has 1 aliphatic rings. The molecule has 1 heterocycles. The van der Waals surface area contributed by atoms with E-state index in [1.165, 1.54) is 6.92 Å².